The molecular formula is C25H33N5O3. The van der Waals surface area contributed by atoms with Gasteiger partial charge in [-0.15, -0.1) is 0 Å². The molecule has 0 amide bonds. The van der Waals surface area contributed by atoms with Crippen LogP contribution in [-0.2, 0) is 6.61 Å². The maximum Gasteiger partial charge on any atom is 0.246 e. The van der Waals surface area contributed by atoms with Gasteiger partial charge in [-0.25, -0.2) is 4.98 Å². The summed E-state index contributed by atoms with van der Waals surface area (Å²) >= 11 is 0. The SMILES string of the molecule is CCC.COc1ccc(Oc2nc(-c3cncc(CO)c3)ncc2NCC2CCCN2)cc1. The molecule has 1 aromatic carbocycles. The first-order valence-corrected chi connectivity index (χ1v) is 11.4. The number of hydrogen-bond donors (Lipinski definition) is 3. The van der Waals surface area contributed by atoms with E-state index in [1.165, 1.54) is 12.8 Å². The molecule has 0 saturated carbocycles. The van der Waals surface area contributed by atoms with Crippen LogP contribution in [0.4, 0.5) is 5.69 Å². The molecule has 0 radical (unpaired) electrons. The number of nitrogens with one attached hydrogen (secondary N) is 2. The van der Waals surface area contributed by atoms with Crippen molar-refractivity contribution >= 4 is 5.69 Å². The minimum absolute atomic E-state index is 0.0932. The van der Waals surface area contributed by atoms with Gasteiger partial charge in [0.15, 0.2) is 5.82 Å². The number of methoxy groups -OCH3 is 1. The van der Waals surface area contributed by atoms with Gasteiger partial charge in [0.1, 0.15) is 17.2 Å². The first-order chi connectivity index (χ1) is 16.2. The van der Waals surface area contributed by atoms with Gasteiger partial charge in [0.05, 0.1) is 19.9 Å². The molecule has 1 saturated heterocycles. The summed E-state index contributed by atoms with van der Waals surface area (Å²) < 4.78 is 11.3. The Morgan fingerprint density at radius 2 is 1.88 bits per heavy atom. The molecule has 0 aliphatic carbocycles. The molecule has 1 atom stereocenters. The van der Waals surface area contributed by atoms with Gasteiger partial charge in [0.2, 0.25) is 5.88 Å². The largest absolute Gasteiger partial charge is 0.497 e. The molecule has 0 spiro atoms. The summed E-state index contributed by atoms with van der Waals surface area (Å²) in [6.45, 7) is 5.97. The van der Waals surface area contributed by atoms with Gasteiger partial charge in [-0.3, -0.25) is 4.98 Å². The molecule has 0 bridgehead atoms. The van der Waals surface area contributed by atoms with Crippen LogP contribution in [0.15, 0.2) is 48.9 Å². The van der Waals surface area contributed by atoms with Crippen LogP contribution >= 0.6 is 0 Å². The summed E-state index contributed by atoms with van der Waals surface area (Å²) in [4.78, 5) is 13.3. The number of pyridine rings is 1. The lowest BCUT2D eigenvalue weighted by atomic mass is 10.2. The van der Waals surface area contributed by atoms with Crippen LogP contribution in [-0.4, -0.2) is 46.3 Å². The van der Waals surface area contributed by atoms with Gasteiger partial charge in [0.25, 0.3) is 0 Å². The van der Waals surface area contributed by atoms with Gasteiger partial charge < -0.3 is 25.2 Å². The summed E-state index contributed by atoms with van der Waals surface area (Å²) in [5, 5.41) is 16.3. The average molecular weight is 452 g/mol. The third-order valence-electron chi connectivity index (χ3n) is 4.96. The second-order valence-corrected chi connectivity index (χ2v) is 7.81. The smallest absolute Gasteiger partial charge is 0.246 e. The van der Waals surface area contributed by atoms with E-state index in [0.29, 0.717) is 34.6 Å². The summed E-state index contributed by atoms with van der Waals surface area (Å²) in [5.74, 6) is 2.30. The van der Waals surface area contributed by atoms with E-state index in [2.05, 4.69) is 39.4 Å². The normalized spacial score (nSPS) is 14.8. The van der Waals surface area contributed by atoms with Crippen molar-refractivity contribution < 1.29 is 14.6 Å². The third kappa shape index (κ3) is 7.13. The molecule has 33 heavy (non-hydrogen) atoms. The van der Waals surface area contributed by atoms with Crippen LogP contribution in [0.1, 0.15) is 38.7 Å². The second kappa shape index (κ2) is 12.7. The number of nitrogens with zero attached hydrogens (tertiary/aromatic N) is 3. The van der Waals surface area contributed by atoms with Crippen LogP contribution in [0.3, 0.4) is 0 Å². The zero-order chi connectivity index (χ0) is 23.5. The number of aliphatic hydroxyl groups excluding tert-OH is 1. The number of rotatable bonds is 8. The van der Waals surface area contributed by atoms with Gasteiger partial charge in [-0.2, -0.15) is 4.98 Å². The third-order valence-corrected chi connectivity index (χ3v) is 4.96. The van der Waals surface area contributed by atoms with Crippen molar-refractivity contribution in [2.75, 3.05) is 25.5 Å². The predicted octanol–water partition coefficient (Wildman–Crippen LogP) is 4.41. The molecule has 3 N–H and O–H groups in total. The van der Waals surface area contributed by atoms with Crippen LogP contribution in [0.25, 0.3) is 11.4 Å². The highest BCUT2D eigenvalue weighted by atomic mass is 16.5. The average Bonchev–Trinajstić information content (AvgIpc) is 3.38. The van der Waals surface area contributed by atoms with E-state index >= 15 is 0 Å². The lowest BCUT2D eigenvalue weighted by Crippen LogP contribution is -2.29. The minimum atomic E-state index is -0.0932. The van der Waals surface area contributed by atoms with E-state index in [0.717, 1.165) is 30.9 Å². The van der Waals surface area contributed by atoms with Crippen LogP contribution < -0.4 is 20.1 Å². The van der Waals surface area contributed by atoms with E-state index in [1.54, 1.807) is 25.7 Å². The summed E-state index contributed by atoms with van der Waals surface area (Å²) in [6.07, 6.45) is 8.58. The fraction of sp³-hybridized carbons (Fsp3) is 0.400. The first kappa shape index (κ1) is 24.4. The van der Waals surface area contributed by atoms with E-state index in [-0.39, 0.29) is 6.61 Å². The lowest BCUT2D eigenvalue weighted by Gasteiger charge is -2.16. The van der Waals surface area contributed by atoms with Crippen LogP contribution in [0.5, 0.6) is 17.4 Å². The first-order valence-electron chi connectivity index (χ1n) is 11.4. The Labute approximate surface area is 195 Å². The van der Waals surface area contributed by atoms with Crippen molar-refractivity contribution in [3.05, 3.63) is 54.5 Å². The van der Waals surface area contributed by atoms with Crippen molar-refractivity contribution in [1.82, 2.24) is 20.3 Å². The Morgan fingerprint density at radius 1 is 1.12 bits per heavy atom. The molecule has 176 valence electrons. The monoisotopic (exact) mass is 451 g/mol. The predicted molar refractivity (Wildman–Crippen MR) is 130 cm³/mol. The molecule has 8 heteroatoms. The van der Waals surface area contributed by atoms with Crippen LogP contribution in [0, 0.1) is 0 Å². The number of anilines is 1. The molecule has 8 nitrogen and oxygen atoms in total. The highest BCUT2D eigenvalue weighted by Gasteiger charge is 2.16. The van der Waals surface area contributed by atoms with Gasteiger partial charge in [-0.05, 0) is 55.3 Å². The van der Waals surface area contributed by atoms with Gasteiger partial charge >= 0.3 is 0 Å². The standard InChI is InChI=1S/C22H25N5O3.C3H8/c1-29-18-4-6-19(7-5-18)30-22-20(25-12-17-3-2-8-24-17)13-26-21(27-22)16-9-15(14-28)10-23-11-16;1-3-2/h4-7,9-11,13,17,24-25,28H,2-3,8,12,14H2,1H3;3H2,1-2H3. The van der Waals surface area contributed by atoms with Gasteiger partial charge in [-0.1, -0.05) is 20.3 Å². The maximum absolute atomic E-state index is 9.39. The van der Waals surface area contributed by atoms with Crippen molar-refractivity contribution in [2.24, 2.45) is 0 Å². The highest BCUT2D eigenvalue weighted by molar-refractivity contribution is 5.60. The number of aliphatic hydroxyl groups is 1. The van der Waals surface area contributed by atoms with E-state index in [4.69, 9.17) is 9.47 Å². The molecule has 1 aliphatic rings. The minimum Gasteiger partial charge on any atom is -0.497 e. The maximum atomic E-state index is 9.39. The zero-order valence-electron chi connectivity index (χ0n) is 19.5. The molecule has 1 fully saturated rings. The van der Waals surface area contributed by atoms with Gasteiger partial charge in [0, 0.05) is 30.5 Å². The summed E-state index contributed by atoms with van der Waals surface area (Å²) in [7, 11) is 1.63. The van der Waals surface area contributed by atoms with Crippen molar-refractivity contribution in [2.45, 2.75) is 45.8 Å². The molecule has 1 aliphatic heterocycles. The topological polar surface area (TPSA) is 101 Å². The van der Waals surface area contributed by atoms with E-state index < -0.39 is 0 Å². The number of aromatic nitrogens is 3. The molecule has 3 aromatic rings. The highest BCUT2D eigenvalue weighted by Crippen LogP contribution is 2.30. The molecule has 2 aromatic heterocycles. The molecule has 3 heterocycles. The molecule has 4 rings (SSSR count). The van der Waals surface area contributed by atoms with E-state index in [1.807, 2.05) is 30.3 Å². The van der Waals surface area contributed by atoms with Crippen molar-refractivity contribution in [3.63, 3.8) is 0 Å². The number of hydrogen-bond acceptors (Lipinski definition) is 8. The van der Waals surface area contributed by atoms with Crippen molar-refractivity contribution in [1.29, 1.82) is 0 Å². The Morgan fingerprint density at radius 3 is 2.55 bits per heavy atom. The second-order valence-electron chi connectivity index (χ2n) is 7.81. The van der Waals surface area contributed by atoms with Crippen LogP contribution in [0.2, 0.25) is 0 Å². The van der Waals surface area contributed by atoms with E-state index in [9.17, 15) is 5.11 Å². The van der Waals surface area contributed by atoms with Crippen molar-refractivity contribution in [3.8, 4) is 28.8 Å². The quantitative estimate of drug-likeness (QED) is 0.463. The number of benzene rings is 1. The Kier molecular flexibility index (Phi) is 9.41. The Balaban J connectivity index is 0.000000968. The summed E-state index contributed by atoms with van der Waals surface area (Å²) in [6, 6.07) is 9.57. The fourth-order valence-corrected chi connectivity index (χ4v) is 3.32. The Bertz CT molecular complexity index is 992. The Hall–Kier alpha value is -3.23. The molecular weight excluding hydrogens is 418 g/mol. The summed E-state index contributed by atoms with van der Waals surface area (Å²) in [5.41, 5.74) is 2.13. The zero-order valence-corrected chi connectivity index (χ0v) is 19.5. The lowest BCUT2D eigenvalue weighted by molar-refractivity contribution is 0.281. The fourth-order valence-electron chi connectivity index (χ4n) is 3.32. The number of ether oxygens (including phenoxy) is 2. The molecule has 1 unspecified atom stereocenters.